The van der Waals surface area contributed by atoms with Crippen molar-refractivity contribution in [2.24, 2.45) is 16.7 Å². The fourth-order valence-electron chi connectivity index (χ4n) is 6.50. The number of cyclic esters (lactones) is 1. The molecule has 1 fully saturated rings. The Kier molecular flexibility index (Phi) is 5.66. The number of aliphatic carboxylic acids is 1. The van der Waals surface area contributed by atoms with E-state index in [0.717, 1.165) is 5.56 Å². The van der Waals surface area contributed by atoms with Crippen LogP contribution in [0.4, 0.5) is 0 Å². The van der Waals surface area contributed by atoms with Crippen molar-refractivity contribution in [1.29, 1.82) is 0 Å². The number of ether oxygens (including phenoxy) is 3. The zero-order valence-corrected chi connectivity index (χ0v) is 20.9. The first-order chi connectivity index (χ1) is 17.0. The van der Waals surface area contributed by atoms with Gasteiger partial charge in [0.25, 0.3) is 0 Å². The van der Waals surface area contributed by atoms with Gasteiger partial charge in [-0.3, -0.25) is 4.79 Å². The zero-order valence-electron chi connectivity index (χ0n) is 20.9. The van der Waals surface area contributed by atoms with Gasteiger partial charge in [-0.05, 0) is 18.6 Å². The van der Waals surface area contributed by atoms with Crippen LogP contribution in [0.5, 0.6) is 0 Å². The van der Waals surface area contributed by atoms with Crippen LogP contribution >= 0.6 is 0 Å². The Morgan fingerprint density at radius 1 is 1.19 bits per heavy atom. The topological polar surface area (TPSA) is 125 Å². The third kappa shape index (κ3) is 3.51. The molecule has 5 rings (SSSR count). The maximum absolute atomic E-state index is 12.7. The summed E-state index contributed by atoms with van der Waals surface area (Å²) in [5.41, 5.74) is 0.759. The molecule has 2 aromatic heterocycles. The minimum atomic E-state index is -0.952. The number of carboxylic acids is 1. The van der Waals surface area contributed by atoms with E-state index in [4.69, 9.17) is 23.0 Å². The van der Waals surface area contributed by atoms with E-state index < -0.39 is 41.6 Å². The summed E-state index contributed by atoms with van der Waals surface area (Å²) in [7, 11) is 1.35. The van der Waals surface area contributed by atoms with Gasteiger partial charge >= 0.3 is 17.9 Å². The van der Waals surface area contributed by atoms with Crippen molar-refractivity contribution >= 4 is 23.5 Å². The minimum absolute atomic E-state index is 0.127. The number of hydrogen-bond acceptors (Lipinski definition) is 8. The third-order valence-corrected chi connectivity index (χ3v) is 8.26. The van der Waals surface area contributed by atoms with Crippen molar-refractivity contribution in [3.63, 3.8) is 0 Å². The van der Waals surface area contributed by atoms with Crippen molar-refractivity contribution in [3.05, 3.63) is 53.4 Å². The zero-order chi connectivity index (χ0) is 26.0. The molecule has 0 radical (unpaired) electrons. The molecule has 0 aromatic carbocycles. The van der Waals surface area contributed by atoms with Crippen LogP contribution in [0.15, 0.2) is 39.6 Å². The van der Waals surface area contributed by atoms with E-state index in [1.165, 1.54) is 25.7 Å². The number of furan rings is 2. The van der Waals surface area contributed by atoms with Crippen LogP contribution in [0, 0.1) is 16.7 Å². The number of carbonyl (C=O) groups excluding carboxylic acids is 2. The third-order valence-electron chi connectivity index (χ3n) is 8.26. The van der Waals surface area contributed by atoms with Crippen molar-refractivity contribution in [2.45, 2.75) is 64.8 Å². The summed E-state index contributed by atoms with van der Waals surface area (Å²) >= 11 is 0. The molecule has 3 aliphatic rings. The van der Waals surface area contributed by atoms with E-state index in [-0.39, 0.29) is 30.1 Å². The van der Waals surface area contributed by atoms with Crippen LogP contribution in [0.1, 0.15) is 81.3 Å². The highest BCUT2D eigenvalue weighted by atomic mass is 16.6. The standard InChI is InChI=1S/C27H30O9/c1-13-20-22(25(31)32-5)36-24(26(20,2)3)15-10-17(34-21(13)15)16-11-19(30)35-23(14-7-9-33-12-14)27(16,4)8-6-18(28)29/h7,9-13,20,22-24H,6,8H2,1-5H3,(H,28,29). The number of rotatable bonds is 6. The van der Waals surface area contributed by atoms with Crippen molar-refractivity contribution in [2.75, 3.05) is 7.11 Å². The minimum Gasteiger partial charge on any atom is -0.481 e. The second kappa shape index (κ2) is 8.37. The number of carboxylic acid groups (broad SMARTS) is 1. The van der Waals surface area contributed by atoms with Gasteiger partial charge in [-0.15, -0.1) is 0 Å². The van der Waals surface area contributed by atoms with Gasteiger partial charge in [0.15, 0.2) is 6.10 Å². The second-order valence-corrected chi connectivity index (χ2v) is 10.8. The number of hydrogen-bond donors (Lipinski definition) is 1. The van der Waals surface area contributed by atoms with Crippen molar-refractivity contribution in [1.82, 2.24) is 0 Å². The van der Waals surface area contributed by atoms with Crippen LogP contribution in [-0.2, 0) is 28.6 Å². The first kappa shape index (κ1) is 24.4. The Hall–Kier alpha value is -3.33. The number of fused-ring (bicyclic) bond motifs is 4. The number of methoxy groups -OCH3 is 1. The van der Waals surface area contributed by atoms with Crippen LogP contribution in [-0.4, -0.2) is 36.2 Å². The largest absolute Gasteiger partial charge is 0.481 e. The van der Waals surface area contributed by atoms with E-state index in [1.54, 1.807) is 6.07 Å². The Morgan fingerprint density at radius 3 is 2.58 bits per heavy atom. The predicted octanol–water partition coefficient (Wildman–Crippen LogP) is 4.80. The van der Waals surface area contributed by atoms with E-state index in [1.807, 2.05) is 19.9 Å². The molecule has 0 spiro atoms. The molecule has 2 aromatic rings. The van der Waals surface area contributed by atoms with E-state index in [0.29, 0.717) is 22.7 Å². The maximum Gasteiger partial charge on any atom is 0.335 e. The summed E-state index contributed by atoms with van der Waals surface area (Å²) in [6.45, 7) is 8.01. The molecule has 0 amide bonds. The molecule has 192 valence electrons. The molecule has 2 bridgehead atoms. The van der Waals surface area contributed by atoms with Crippen LogP contribution in [0.2, 0.25) is 0 Å². The maximum atomic E-state index is 12.7. The molecule has 1 aliphatic carbocycles. The average Bonchev–Trinajstić information content (AvgIpc) is 3.54. The number of carbonyl (C=O) groups is 3. The van der Waals surface area contributed by atoms with Gasteiger partial charge in [-0.25, -0.2) is 9.59 Å². The second-order valence-electron chi connectivity index (χ2n) is 10.8. The van der Waals surface area contributed by atoms with Gasteiger partial charge in [0.05, 0.1) is 25.7 Å². The lowest BCUT2D eigenvalue weighted by atomic mass is 9.62. The summed E-state index contributed by atoms with van der Waals surface area (Å²) in [5.74, 6) is -1.06. The predicted molar refractivity (Wildman–Crippen MR) is 125 cm³/mol. The highest BCUT2D eigenvalue weighted by Crippen LogP contribution is 2.63. The summed E-state index contributed by atoms with van der Waals surface area (Å²) in [6.07, 6.45) is 2.59. The molecular formula is C27H30O9. The van der Waals surface area contributed by atoms with Crippen LogP contribution in [0.25, 0.3) is 5.57 Å². The smallest absolute Gasteiger partial charge is 0.335 e. The van der Waals surface area contributed by atoms with Gasteiger partial charge in [-0.2, -0.15) is 0 Å². The normalized spacial score (nSPS) is 32.4. The van der Waals surface area contributed by atoms with Crippen molar-refractivity contribution < 1.29 is 42.5 Å². The quantitative estimate of drug-likeness (QED) is 0.559. The Morgan fingerprint density at radius 2 is 1.94 bits per heavy atom. The van der Waals surface area contributed by atoms with Gasteiger partial charge in [0.1, 0.15) is 17.6 Å². The first-order valence-corrected chi connectivity index (χ1v) is 12.0. The molecule has 6 unspecified atom stereocenters. The molecule has 2 aliphatic heterocycles. The lowest BCUT2D eigenvalue weighted by molar-refractivity contribution is -0.155. The number of esters is 2. The monoisotopic (exact) mass is 498 g/mol. The van der Waals surface area contributed by atoms with Crippen LogP contribution in [0.3, 0.4) is 0 Å². The van der Waals surface area contributed by atoms with Crippen molar-refractivity contribution in [3.8, 4) is 0 Å². The molecule has 4 heterocycles. The fourth-order valence-corrected chi connectivity index (χ4v) is 6.50. The van der Waals surface area contributed by atoms with E-state index in [9.17, 15) is 19.5 Å². The van der Waals surface area contributed by atoms with Gasteiger partial charge in [0, 0.05) is 51.9 Å². The highest BCUT2D eigenvalue weighted by Gasteiger charge is 2.61. The SMILES string of the molecule is COC(=O)C1OC2c3cc(C4=CC(=O)OC(c5ccoc5)C4(C)CCC(=O)O)oc3C(C)C1C2(C)C. The molecule has 0 saturated carbocycles. The highest BCUT2D eigenvalue weighted by molar-refractivity contribution is 5.94. The Balaban J connectivity index is 1.60. The van der Waals surface area contributed by atoms with Gasteiger partial charge in [0.2, 0.25) is 0 Å². The van der Waals surface area contributed by atoms with Gasteiger partial charge < -0.3 is 28.2 Å². The summed E-state index contributed by atoms with van der Waals surface area (Å²) in [6, 6.07) is 3.57. The Labute approximate surface area is 208 Å². The van der Waals surface area contributed by atoms with Gasteiger partial charge in [-0.1, -0.05) is 27.7 Å². The Bertz CT molecular complexity index is 1230. The average molecular weight is 499 g/mol. The summed E-state index contributed by atoms with van der Waals surface area (Å²) < 4.78 is 28.6. The molecule has 1 N–H and O–H groups in total. The summed E-state index contributed by atoms with van der Waals surface area (Å²) in [4.78, 5) is 36.7. The molecule has 9 heteroatoms. The molecule has 6 atom stereocenters. The first-order valence-electron chi connectivity index (χ1n) is 12.0. The van der Waals surface area contributed by atoms with E-state index in [2.05, 4.69) is 13.8 Å². The molecular weight excluding hydrogens is 468 g/mol. The molecule has 9 nitrogen and oxygen atoms in total. The molecule has 36 heavy (non-hydrogen) atoms. The van der Waals surface area contributed by atoms with Crippen LogP contribution < -0.4 is 0 Å². The lowest BCUT2D eigenvalue weighted by Gasteiger charge is -2.40. The van der Waals surface area contributed by atoms with E-state index >= 15 is 0 Å². The fraction of sp³-hybridized carbons (Fsp3) is 0.519. The lowest BCUT2D eigenvalue weighted by Crippen LogP contribution is -2.38. The summed E-state index contributed by atoms with van der Waals surface area (Å²) in [5, 5.41) is 9.45. The molecule has 1 saturated heterocycles.